The first kappa shape index (κ1) is 12.6. The van der Waals surface area contributed by atoms with Crippen LogP contribution in [0.15, 0.2) is 30.3 Å². The van der Waals surface area contributed by atoms with Crippen molar-refractivity contribution in [1.29, 1.82) is 0 Å². The van der Waals surface area contributed by atoms with E-state index >= 15 is 0 Å². The molecule has 1 unspecified atom stereocenters. The van der Waals surface area contributed by atoms with Gasteiger partial charge in [-0.05, 0) is 43.1 Å². The van der Waals surface area contributed by atoms with E-state index in [1.807, 2.05) is 0 Å². The molecule has 0 radical (unpaired) electrons. The highest BCUT2D eigenvalue weighted by Gasteiger charge is 2.34. The highest BCUT2D eigenvalue weighted by molar-refractivity contribution is 5.14. The topological polar surface area (TPSA) is 26.0 Å². The summed E-state index contributed by atoms with van der Waals surface area (Å²) in [6.45, 7) is 2.38. The maximum absolute atomic E-state index is 6.38. The predicted octanol–water partition coefficient (Wildman–Crippen LogP) is 3.92. The first-order chi connectivity index (χ1) is 8.21. The van der Waals surface area contributed by atoms with Crippen molar-refractivity contribution in [3.05, 3.63) is 35.9 Å². The molecule has 0 amide bonds. The first-order valence-electron chi connectivity index (χ1n) is 7.00. The number of benzene rings is 1. The second-order valence-electron chi connectivity index (χ2n) is 5.85. The van der Waals surface area contributed by atoms with E-state index in [0.717, 1.165) is 0 Å². The average molecular weight is 231 g/mol. The van der Waals surface area contributed by atoms with E-state index in [1.165, 1.54) is 50.5 Å². The third kappa shape index (κ3) is 3.32. The molecule has 1 nitrogen and oxygen atoms in total. The second-order valence-corrected chi connectivity index (χ2v) is 5.85. The molecular formula is C16H25N. The van der Waals surface area contributed by atoms with Crippen LogP contribution in [0.25, 0.3) is 0 Å². The Kier molecular flexibility index (Phi) is 4.22. The zero-order chi connectivity index (χ0) is 12.1. The zero-order valence-electron chi connectivity index (χ0n) is 11.0. The van der Waals surface area contributed by atoms with E-state index < -0.39 is 0 Å². The number of hydrogen-bond donors (Lipinski definition) is 1. The molecule has 0 bridgehead atoms. The maximum Gasteiger partial charge on any atom is 0.00930 e. The van der Waals surface area contributed by atoms with Gasteiger partial charge in [-0.15, -0.1) is 0 Å². The highest BCUT2D eigenvalue weighted by atomic mass is 14.7. The molecule has 0 spiro atoms. The Labute approximate surface area is 105 Å². The van der Waals surface area contributed by atoms with Crippen molar-refractivity contribution in [3.63, 3.8) is 0 Å². The number of rotatable bonds is 5. The minimum atomic E-state index is 0.397. The van der Waals surface area contributed by atoms with Crippen LogP contribution in [-0.2, 0) is 6.42 Å². The van der Waals surface area contributed by atoms with E-state index in [4.69, 9.17) is 5.73 Å². The quantitative estimate of drug-likeness (QED) is 0.816. The van der Waals surface area contributed by atoms with Gasteiger partial charge in [0, 0.05) is 6.04 Å². The van der Waals surface area contributed by atoms with Gasteiger partial charge in [0.2, 0.25) is 0 Å². The molecular weight excluding hydrogens is 206 g/mol. The van der Waals surface area contributed by atoms with Gasteiger partial charge in [0.1, 0.15) is 0 Å². The Bertz CT molecular complexity index is 325. The van der Waals surface area contributed by atoms with Gasteiger partial charge in [-0.2, -0.15) is 0 Å². The summed E-state index contributed by atoms with van der Waals surface area (Å²) in [5.74, 6) is 0. The Balaban J connectivity index is 1.75. The lowest BCUT2D eigenvalue weighted by atomic mass is 9.79. The lowest BCUT2D eigenvalue weighted by Crippen LogP contribution is -2.37. The Hall–Kier alpha value is -0.820. The van der Waals surface area contributed by atoms with Crippen LogP contribution in [0.5, 0.6) is 0 Å². The Morgan fingerprint density at radius 3 is 2.47 bits per heavy atom. The van der Waals surface area contributed by atoms with E-state index in [-0.39, 0.29) is 0 Å². The molecule has 17 heavy (non-hydrogen) atoms. The summed E-state index contributed by atoms with van der Waals surface area (Å²) in [7, 11) is 0. The molecule has 0 aliphatic heterocycles. The lowest BCUT2D eigenvalue weighted by Gasteiger charge is -2.31. The molecule has 0 aromatic heterocycles. The van der Waals surface area contributed by atoms with Crippen LogP contribution < -0.4 is 5.73 Å². The Morgan fingerprint density at radius 1 is 1.18 bits per heavy atom. The molecule has 1 aliphatic rings. The van der Waals surface area contributed by atoms with Crippen molar-refractivity contribution in [1.82, 2.24) is 0 Å². The molecule has 1 heteroatoms. The number of hydrogen-bond acceptors (Lipinski definition) is 1. The molecule has 1 aromatic carbocycles. The van der Waals surface area contributed by atoms with Crippen molar-refractivity contribution in [2.45, 2.75) is 57.9 Å². The highest BCUT2D eigenvalue weighted by Crippen LogP contribution is 2.41. The normalized spacial score (nSPS) is 20.4. The van der Waals surface area contributed by atoms with E-state index in [9.17, 15) is 0 Å². The zero-order valence-corrected chi connectivity index (χ0v) is 11.0. The van der Waals surface area contributed by atoms with Crippen molar-refractivity contribution >= 4 is 0 Å². The summed E-state index contributed by atoms with van der Waals surface area (Å²) < 4.78 is 0. The van der Waals surface area contributed by atoms with Gasteiger partial charge in [-0.1, -0.05) is 50.1 Å². The van der Waals surface area contributed by atoms with E-state index in [2.05, 4.69) is 37.3 Å². The fraction of sp³-hybridized carbons (Fsp3) is 0.625. The van der Waals surface area contributed by atoms with Crippen LogP contribution in [0.4, 0.5) is 0 Å². The SMILES string of the molecule is CC1(C(N)CCCc2ccccc2)CCCC1. The molecule has 1 atom stereocenters. The van der Waals surface area contributed by atoms with Crippen molar-refractivity contribution in [3.8, 4) is 0 Å². The summed E-state index contributed by atoms with van der Waals surface area (Å²) in [6, 6.07) is 11.1. The fourth-order valence-electron chi connectivity index (χ4n) is 3.07. The van der Waals surface area contributed by atoms with Crippen LogP contribution in [0, 0.1) is 5.41 Å². The summed E-state index contributed by atoms with van der Waals surface area (Å²) >= 11 is 0. The van der Waals surface area contributed by atoms with Crippen LogP contribution in [0.2, 0.25) is 0 Å². The molecule has 2 rings (SSSR count). The molecule has 94 valence electrons. The van der Waals surface area contributed by atoms with Gasteiger partial charge in [0.15, 0.2) is 0 Å². The van der Waals surface area contributed by atoms with Gasteiger partial charge in [0.05, 0.1) is 0 Å². The molecule has 1 saturated carbocycles. The molecule has 0 heterocycles. The molecule has 0 saturated heterocycles. The smallest absolute Gasteiger partial charge is 0.00930 e. The van der Waals surface area contributed by atoms with Crippen LogP contribution in [0.1, 0.15) is 51.0 Å². The Morgan fingerprint density at radius 2 is 1.82 bits per heavy atom. The minimum Gasteiger partial charge on any atom is -0.327 e. The van der Waals surface area contributed by atoms with Gasteiger partial charge < -0.3 is 5.73 Å². The van der Waals surface area contributed by atoms with Gasteiger partial charge >= 0.3 is 0 Å². The van der Waals surface area contributed by atoms with Crippen molar-refractivity contribution < 1.29 is 0 Å². The standard InChI is InChI=1S/C16H25N/c1-16(12-5-6-13-16)15(17)11-7-10-14-8-3-2-4-9-14/h2-4,8-9,15H,5-7,10-13,17H2,1H3. The van der Waals surface area contributed by atoms with Gasteiger partial charge in [-0.3, -0.25) is 0 Å². The van der Waals surface area contributed by atoms with Gasteiger partial charge in [-0.25, -0.2) is 0 Å². The molecule has 2 N–H and O–H groups in total. The minimum absolute atomic E-state index is 0.397. The lowest BCUT2D eigenvalue weighted by molar-refractivity contribution is 0.247. The fourth-order valence-corrected chi connectivity index (χ4v) is 3.07. The maximum atomic E-state index is 6.38. The molecule has 1 aliphatic carbocycles. The third-order valence-electron chi connectivity index (χ3n) is 4.46. The number of aryl methyl sites for hydroxylation is 1. The summed E-state index contributed by atoms with van der Waals surface area (Å²) in [5.41, 5.74) is 8.25. The third-order valence-corrected chi connectivity index (χ3v) is 4.46. The van der Waals surface area contributed by atoms with Crippen molar-refractivity contribution in [2.75, 3.05) is 0 Å². The first-order valence-corrected chi connectivity index (χ1v) is 7.00. The van der Waals surface area contributed by atoms with Crippen LogP contribution in [-0.4, -0.2) is 6.04 Å². The van der Waals surface area contributed by atoms with Crippen LogP contribution in [0.3, 0.4) is 0 Å². The van der Waals surface area contributed by atoms with E-state index in [0.29, 0.717) is 11.5 Å². The predicted molar refractivity (Wildman–Crippen MR) is 73.9 cm³/mol. The van der Waals surface area contributed by atoms with Crippen molar-refractivity contribution in [2.24, 2.45) is 11.1 Å². The summed E-state index contributed by atoms with van der Waals surface area (Å²) in [6.07, 6.45) is 8.99. The summed E-state index contributed by atoms with van der Waals surface area (Å²) in [4.78, 5) is 0. The monoisotopic (exact) mass is 231 g/mol. The summed E-state index contributed by atoms with van der Waals surface area (Å²) in [5, 5.41) is 0. The molecule has 1 fully saturated rings. The van der Waals surface area contributed by atoms with E-state index in [1.54, 1.807) is 0 Å². The second kappa shape index (κ2) is 5.68. The van der Waals surface area contributed by atoms with Crippen LogP contribution >= 0.6 is 0 Å². The largest absolute Gasteiger partial charge is 0.327 e. The van der Waals surface area contributed by atoms with Gasteiger partial charge in [0.25, 0.3) is 0 Å². The number of nitrogens with two attached hydrogens (primary N) is 1. The average Bonchev–Trinajstić information content (AvgIpc) is 2.79. The molecule has 1 aromatic rings.